The average molecular weight is 174 g/mol. The van der Waals surface area contributed by atoms with Crippen molar-refractivity contribution >= 4 is 16.6 Å². The molecule has 1 aromatic carbocycles. The van der Waals surface area contributed by atoms with Crippen LogP contribution in [0.15, 0.2) is 34.9 Å². The lowest BCUT2D eigenvalue weighted by molar-refractivity contribution is -0.116. The molecule has 0 bridgehead atoms. The first kappa shape index (κ1) is 8.05. The smallest absolute Gasteiger partial charge is 0.137 e. The molecule has 0 aliphatic carbocycles. The van der Waals surface area contributed by atoms with Gasteiger partial charge in [0.05, 0.1) is 12.7 Å². The summed E-state index contributed by atoms with van der Waals surface area (Å²) in [6.45, 7) is 1.57. The quantitative estimate of drug-likeness (QED) is 0.700. The number of benzene rings is 1. The first-order valence-electron chi connectivity index (χ1n) is 4.22. The van der Waals surface area contributed by atoms with Crippen LogP contribution < -0.4 is 0 Å². The molecule has 2 nitrogen and oxygen atoms in total. The van der Waals surface area contributed by atoms with Gasteiger partial charge in [-0.15, -0.1) is 0 Å². The van der Waals surface area contributed by atoms with E-state index in [9.17, 15) is 4.79 Å². The Morgan fingerprint density at radius 2 is 2.15 bits per heavy atom. The Balaban J connectivity index is 2.51. The molecular formula is C11H10O2. The van der Waals surface area contributed by atoms with Gasteiger partial charge in [0.1, 0.15) is 11.5 Å². The molecule has 1 aromatic heterocycles. The highest BCUT2D eigenvalue weighted by Gasteiger charge is 2.06. The first-order valence-corrected chi connectivity index (χ1v) is 4.22. The molecule has 0 N–H and O–H groups in total. The van der Waals surface area contributed by atoms with Gasteiger partial charge in [0.15, 0.2) is 0 Å². The molecular weight excluding hydrogens is 164 g/mol. The highest BCUT2D eigenvalue weighted by Crippen LogP contribution is 2.20. The van der Waals surface area contributed by atoms with Crippen molar-refractivity contribution in [3.05, 3.63) is 36.3 Å². The van der Waals surface area contributed by atoms with Gasteiger partial charge in [-0.2, -0.15) is 0 Å². The minimum atomic E-state index is 0.125. The summed E-state index contributed by atoms with van der Waals surface area (Å²) in [6, 6.07) is 7.84. The van der Waals surface area contributed by atoms with Crippen molar-refractivity contribution in [3.8, 4) is 0 Å². The van der Waals surface area contributed by atoms with Crippen LogP contribution >= 0.6 is 0 Å². The summed E-state index contributed by atoms with van der Waals surface area (Å²) < 4.78 is 5.31. The van der Waals surface area contributed by atoms with Crippen LogP contribution in [0.2, 0.25) is 0 Å². The van der Waals surface area contributed by atoms with Gasteiger partial charge in [-0.3, -0.25) is 4.79 Å². The molecule has 0 aliphatic heterocycles. The molecule has 0 atom stereocenters. The highest BCUT2D eigenvalue weighted by molar-refractivity contribution is 5.88. The predicted octanol–water partition coefficient (Wildman–Crippen LogP) is 2.56. The average Bonchev–Trinajstić information content (AvgIpc) is 2.48. The number of carbonyl (C=O) groups excluding carboxylic acids is 1. The van der Waals surface area contributed by atoms with Crippen molar-refractivity contribution in [1.82, 2.24) is 0 Å². The second-order valence-electron chi connectivity index (χ2n) is 3.12. The van der Waals surface area contributed by atoms with Crippen molar-refractivity contribution in [1.29, 1.82) is 0 Å². The van der Waals surface area contributed by atoms with E-state index in [-0.39, 0.29) is 5.78 Å². The molecule has 0 amide bonds. The summed E-state index contributed by atoms with van der Waals surface area (Å²) in [4.78, 5) is 10.9. The van der Waals surface area contributed by atoms with Crippen LogP contribution in [0.25, 0.3) is 10.8 Å². The molecule has 2 heteroatoms. The zero-order chi connectivity index (χ0) is 9.26. The molecule has 0 unspecified atom stereocenters. The summed E-state index contributed by atoms with van der Waals surface area (Å²) in [6.07, 6.45) is 2.07. The predicted molar refractivity (Wildman–Crippen MR) is 50.6 cm³/mol. The Labute approximate surface area is 76.2 Å². The number of hydrogen-bond donors (Lipinski definition) is 0. The van der Waals surface area contributed by atoms with Gasteiger partial charge in [-0.05, 0) is 6.92 Å². The van der Waals surface area contributed by atoms with Crippen molar-refractivity contribution < 1.29 is 9.21 Å². The Bertz CT molecular complexity index is 440. The van der Waals surface area contributed by atoms with Gasteiger partial charge in [0.2, 0.25) is 0 Å². The Morgan fingerprint density at radius 3 is 2.92 bits per heavy atom. The van der Waals surface area contributed by atoms with Crippen molar-refractivity contribution in [2.45, 2.75) is 13.3 Å². The molecule has 0 radical (unpaired) electrons. The monoisotopic (exact) mass is 174 g/mol. The van der Waals surface area contributed by atoms with E-state index in [1.807, 2.05) is 24.3 Å². The van der Waals surface area contributed by atoms with Crippen LogP contribution in [0.1, 0.15) is 12.7 Å². The molecule has 0 spiro atoms. The number of carbonyl (C=O) groups is 1. The van der Waals surface area contributed by atoms with E-state index in [4.69, 9.17) is 4.42 Å². The number of fused-ring (bicyclic) bond motifs is 1. The topological polar surface area (TPSA) is 30.2 Å². The molecule has 1 heterocycles. The highest BCUT2D eigenvalue weighted by atomic mass is 16.3. The van der Waals surface area contributed by atoms with Crippen molar-refractivity contribution in [2.24, 2.45) is 0 Å². The Hall–Kier alpha value is -1.57. The van der Waals surface area contributed by atoms with E-state index in [0.29, 0.717) is 6.42 Å². The van der Waals surface area contributed by atoms with Gasteiger partial charge in [-0.25, -0.2) is 0 Å². The summed E-state index contributed by atoms with van der Waals surface area (Å²) in [7, 11) is 0. The number of hydrogen-bond acceptors (Lipinski definition) is 2. The summed E-state index contributed by atoms with van der Waals surface area (Å²) in [5, 5.41) is 2.09. The van der Waals surface area contributed by atoms with Crippen LogP contribution in [0.4, 0.5) is 0 Å². The SMILES string of the molecule is CC(=O)Cc1occ2ccccc12. The van der Waals surface area contributed by atoms with Gasteiger partial charge >= 0.3 is 0 Å². The fourth-order valence-corrected chi connectivity index (χ4v) is 1.41. The molecule has 66 valence electrons. The summed E-state index contributed by atoms with van der Waals surface area (Å²) in [5.41, 5.74) is 0. The summed E-state index contributed by atoms with van der Waals surface area (Å²) >= 11 is 0. The van der Waals surface area contributed by atoms with Crippen LogP contribution in [-0.4, -0.2) is 5.78 Å². The van der Waals surface area contributed by atoms with E-state index in [1.165, 1.54) is 0 Å². The molecule has 0 saturated carbocycles. The number of rotatable bonds is 2. The molecule has 13 heavy (non-hydrogen) atoms. The number of Topliss-reactive ketones (excluding diaryl/α,β-unsaturated/α-hetero) is 1. The standard InChI is InChI=1S/C11H10O2/c1-8(12)6-11-10-5-3-2-4-9(10)7-13-11/h2-5,7H,6H2,1H3. The lowest BCUT2D eigenvalue weighted by atomic mass is 10.1. The van der Waals surface area contributed by atoms with Crippen LogP contribution in [-0.2, 0) is 11.2 Å². The largest absolute Gasteiger partial charge is 0.468 e. The van der Waals surface area contributed by atoms with Gasteiger partial charge in [-0.1, -0.05) is 24.3 Å². The third kappa shape index (κ3) is 1.47. The van der Waals surface area contributed by atoms with Crippen molar-refractivity contribution in [2.75, 3.05) is 0 Å². The summed E-state index contributed by atoms with van der Waals surface area (Å²) in [5.74, 6) is 0.892. The normalized spacial score (nSPS) is 10.5. The fraction of sp³-hybridized carbons (Fsp3) is 0.182. The number of furan rings is 1. The van der Waals surface area contributed by atoms with E-state index >= 15 is 0 Å². The minimum Gasteiger partial charge on any atom is -0.468 e. The maximum atomic E-state index is 10.9. The van der Waals surface area contributed by atoms with E-state index in [2.05, 4.69) is 0 Å². The van der Waals surface area contributed by atoms with Gasteiger partial charge < -0.3 is 4.42 Å². The van der Waals surface area contributed by atoms with Crippen LogP contribution in [0.5, 0.6) is 0 Å². The Morgan fingerprint density at radius 1 is 1.38 bits per heavy atom. The zero-order valence-corrected chi connectivity index (χ0v) is 7.41. The third-order valence-electron chi connectivity index (χ3n) is 2.00. The second-order valence-corrected chi connectivity index (χ2v) is 3.12. The Kier molecular flexibility index (Phi) is 1.89. The number of ketones is 1. The van der Waals surface area contributed by atoms with Crippen LogP contribution in [0, 0.1) is 0 Å². The molecule has 2 rings (SSSR count). The maximum Gasteiger partial charge on any atom is 0.137 e. The zero-order valence-electron chi connectivity index (χ0n) is 7.41. The first-order chi connectivity index (χ1) is 6.27. The maximum absolute atomic E-state index is 10.9. The molecule has 0 aliphatic rings. The molecule has 2 aromatic rings. The van der Waals surface area contributed by atoms with E-state index in [0.717, 1.165) is 16.5 Å². The van der Waals surface area contributed by atoms with E-state index in [1.54, 1.807) is 13.2 Å². The lowest BCUT2D eigenvalue weighted by Gasteiger charge is -1.92. The second kappa shape index (κ2) is 3.05. The third-order valence-corrected chi connectivity index (χ3v) is 2.00. The van der Waals surface area contributed by atoms with Gasteiger partial charge in [0.25, 0.3) is 0 Å². The lowest BCUT2D eigenvalue weighted by Crippen LogP contribution is -1.94. The van der Waals surface area contributed by atoms with Gasteiger partial charge in [0, 0.05) is 10.8 Å². The minimum absolute atomic E-state index is 0.125. The fourth-order valence-electron chi connectivity index (χ4n) is 1.41. The van der Waals surface area contributed by atoms with Crippen LogP contribution in [0.3, 0.4) is 0 Å². The molecule has 0 saturated heterocycles. The van der Waals surface area contributed by atoms with Crippen molar-refractivity contribution in [3.63, 3.8) is 0 Å². The molecule has 0 fully saturated rings. The van der Waals surface area contributed by atoms with E-state index < -0.39 is 0 Å².